The van der Waals surface area contributed by atoms with Crippen LogP contribution in [0.4, 0.5) is 0 Å². The highest BCUT2D eigenvalue weighted by Gasteiger charge is 2.09. The summed E-state index contributed by atoms with van der Waals surface area (Å²) >= 11 is 0. The molecular formula is C22H21NO6. The minimum Gasteiger partial charge on any atom is -0.478 e. The van der Waals surface area contributed by atoms with Crippen molar-refractivity contribution in [1.82, 2.24) is 4.57 Å². The molecule has 3 rings (SSSR count). The van der Waals surface area contributed by atoms with Gasteiger partial charge >= 0.3 is 17.9 Å². The zero-order valence-electron chi connectivity index (χ0n) is 16.0. The van der Waals surface area contributed by atoms with Crippen LogP contribution in [0.3, 0.4) is 0 Å². The Kier molecular flexibility index (Phi) is 6.92. The maximum Gasteiger partial charge on any atom is 0.337 e. The summed E-state index contributed by atoms with van der Waals surface area (Å²) in [5.74, 6) is -3.12. The highest BCUT2D eigenvalue weighted by molar-refractivity contribution is 5.94. The number of hydrogen-bond donors (Lipinski definition) is 3. The van der Waals surface area contributed by atoms with Crippen molar-refractivity contribution in [3.8, 4) is 0 Å². The Morgan fingerprint density at radius 2 is 1.24 bits per heavy atom. The number of benzene rings is 2. The molecule has 1 heterocycles. The Hall–Kier alpha value is -3.87. The molecule has 0 aliphatic rings. The number of hydrogen-bond acceptors (Lipinski definition) is 3. The summed E-state index contributed by atoms with van der Waals surface area (Å²) in [5.41, 5.74) is 3.33. The molecule has 29 heavy (non-hydrogen) atoms. The van der Waals surface area contributed by atoms with Crippen molar-refractivity contribution in [2.24, 2.45) is 0 Å². The summed E-state index contributed by atoms with van der Waals surface area (Å²) < 4.78 is 1.87. The molecule has 0 unspecified atom stereocenters. The average molecular weight is 395 g/mol. The Bertz CT molecular complexity index is 1000. The lowest BCUT2D eigenvalue weighted by Gasteiger charge is -2.03. The van der Waals surface area contributed by atoms with Crippen molar-refractivity contribution < 1.29 is 29.7 Å². The van der Waals surface area contributed by atoms with Crippen LogP contribution in [0, 0.1) is 13.8 Å². The molecule has 3 aromatic rings. The molecule has 0 bridgehead atoms. The highest BCUT2D eigenvalue weighted by Crippen LogP contribution is 2.10. The lowest BCUT2D eigenvalue weighted by molar-refractivity contribution is 0.0682. The fourth-order valence-electron chi connectivity index (χ4n) is 2.60. The third-order valence-corrected chi connectivity index (χ3v) is 4.05. The third kappa shape index (κ3) is 6.35. The van der Waals surface area contributed by atoms with Crippen LogP contribution in [0.5, 0.6) is 0 Å². The van der Waals surface area contributed by atoms with Crippen molar-refractivity contribution in [1.29, 1.82) is 0 Å². The van der Waals surface area contributed by atoms with Gasteiger partial charge in [-0.1, -0.05) is 29.8 Å². The molecule has 2 aromatic carbocycles. The maximum absolute atomic E-state index is 10.7. The number of carbonyl (C=O) groups is 3. The first-order valence-corrected chi connectivity index (χ1v) is 8.68. The predicted molar refractivity (Wildman–Crippen MR) is 107 cm³/mol. The quantitative estimate of drug-likeness (QED) is 0.602. The highest BCUT2D eigenvalue weighted by atomic mass is 16.4. The molecule has 0 amide bonds. The normalized spacial score (nSPS) is 10.0. The summed E-state index contributed by atoms with van der Waals surface area (Å²) in [6, 6.07) is 13.8. The molecule has 0 spiro atoms. The smallest absolute Gasteiger partial charge is 0.337 e. The van der Waals surface area contributed by atoms with Gasteiger partial charge in [0.2, 0.25) is 0 Å². The number of carboxylic acids is 3. The maximum atomic E-state index is 10.7. The van der Waals surface area contributed by atoms with E-state index in [1.807, 2.05) is 11.5 Å². The Labute approximate surface area is 167 Å². The van der Waals surface area contributed by atoms with E-state index < -0.39 is 17.9 Å². The summed E-state index contributed by atoms with van der Waals surface area (Å²) in [6.07, 6.45) is 3.42. The molecule has 0 saturated heterocycles. The first-order chi connectivity index (χ1) is 13.7. The zero-order chi connectivity index (χ0) is 21.6. The predicted octanol–water partition coefficient (Wildman–Crippen LogP) is 3.93. The molecule has 0 aliphatic heterocycles. The molecule has 7 nitrogen and oxygen atoms in total. The van der Waals surface area contributed by atoms with Gasteiger partial charge in [0.15, 0.2) is 0 Å². The zero-order valence-corrected chi connectivity index (χ0v) is 16.0. The van der Waals surface area contributed by atoms with E-state index in [0.717, 1.165) is 11.6 Å². The number of aromatic carboxylic acids is 3. The van der Waals surface area contributed by atoms with Crippen molar-refractivity contribution >= 4 is 17.9 Å². The van der Waals surface area contributed by atoms with E-state index >= 15 is 0 Å². The number of carboxylic acid groups (broad SMARTS) is 3. The van der Waals surface area contributed by atoms with Crippen LogP contribution < -0.4 is 0 Å². The second kappa shape index (κ2) is 9.36. The number of nitrogens with zero attached hydrogens (tertiary/aromatic N) is 1. The van der Waals surface area contributed by atoms with Crippen LogP contribution in [0.2, 0.25) is 0 Å². The van der Waals surface area contributed by atoms with Crippen molar-refractivity contribution in [2.45, 2.75) is 20.4 Å². The molecule has 0 fully saturated rings. The van der Waals surface area contributed by atoms with Crippen molar-refractivity contribution in [3.63, 3.8) is 0 Å². The van der Waals surface area contributed by atoms with Gasteiger partial charge in [0.1, 0.15) is 0 Å². The van der Waals surface area contributed by atoms with Crippen molar-refractivity contribution in [3.05, 3.63) is 94.3 Å². The summed E-state index contributed by atoms with van der Waals surface area (Å²) in [5, 5.41) is 26.0. The van der Waals surface area contributed by atoms with Gasteiger partial charge in [0.05, 0.1) is 16.7 Å². The van der Waals surface area contributed by atoms with Crippen molar-refractivity contribution in [2.75, 3.05) is 0 Å². The summed E-state index contributed by atoms with van der Waals surface area (Å²) in [6.45, 7) is 4.40. The van der Waals surface area contributed by atoms with E-state index in [4.69, 9.17) is 15.3 Å². The minimum absolute atomic E-state index is 0.00241. The Morgan fingerprint density at radius 1 is 0.724 bits per heavy atom. The molecule has 150 valence electrons. The minimum atomic E-state index is -1.12. The molecule has 3 N–H and O–H groups in total. The van der Waals surface area contributed by atoms with E-state index in [-0.39, 0.29) is 11.1 Å². The van der Waals surface area contributed by atoms with Gasteiger partial charge in [-0.3, -0.25) is 0 Å². The standard InChI is InChI=1S/C13H13NO2.C9H8O4/c1-10-2-4-11(5-3-10)8-14-7-6-12(9-14)13(15)16;1-5-2-6(8(10)11)4-7(3-5)9(12)13/h2-7,9H,8H2,1H3,(H,15,16);2-4H,1H3,(H,10,11)(H,12,13). The SMILES string of the molecule is Cc1cc(C(=O)O)cc(C(=O)O)c1.Cc1ccc(Cn2ccc(C(=O)O)c2)cc1. The molecule has 0 aliphatic carbocycles. The molecule has 0 atom stereocenters. The van der Waals surface area contributed by atoms with Gasteiger partial charge in [-0.15, -0.1) is 0 Å². The van der Waals surface area contributed by atoms with E-state index in [0.29, 0.717) is 17.7 Å². The van der Waals surface area contributed by atoms with Gasteiger partial charge in [-0.05, 0) is 49.2 Å². The van der Waals surface area contributed by atoms with E-state index in [9.17, 15) is 14.4 Å². The van der Waals surface area contributed by atoms with E-state index in [1.54, 1.807) is 25.4 Å². The number of aromatic nitrogens is 1. The van der Waals surface area contributed by atoms with Crippen LogP contribution in [0.15, 0.2) is 60.9 Å². The molecule has 1 aromatic heterocycles. The molecular weight excluding hydrogens is 374 g/mol. The number of aryl methyl sites for hydroxylation is 2. The van der Waals surface area contributed by atoms with Gasteiger partial charge in [-0.2, -0.15) is 0 Å². The molecule has 7 heteroatoms. The second-order valence-corrected chi connectivity index (χ2v) is 6.56. The monoisotopic (exact) mass is 395 g/mol. The Balaban J connectivity index is 0.000000212. The Morgan fingerprint density at radius 3 is 1.69 bits per heavy atom. The lowest BCUT2D eigenvalue weighted by Crippen LogP contribution is -2.02. The van der Waals surface area contributed by atoms with Crippen LogP contribution >= 0.6 is 0 Å². The number of rotatable bonds is 5. The van der Waals surface area contributed by atoms with Crippen LogP contribution in [0.1, 0.15) is 47.8 Å². The van der Waals surface area contributed by atoms with Gasteiger partial charge in [0, 0.05) is 18.9 Å². The third-order valence-electron chi connectivity index (χ3n) is 4.05. The summed E-state index contributed by atoms with van der Waals surface area (Å²) in [4.78, 5) is 31.8. The fraction of sp³-hybridized carbons (Fsp3) is 0.136. The van der Waals surface area contributed by atoms with Crippen LogP contribution in [-0.4, -0.2) is 37.8 Å². The second-order valence-electron chi connectivity index (χ2n) is 6.56. The van der Waals surface area contributed by atoms with Crippen LogP contribution in [-0.2, 0) is 6.54 Å². The van der Waals surface area contributed by atoms with E-state index in [2.05, 4.69) is 24.3 Å². The van der Waals surface area contributed by atoms with Crippen LogP contribution in [0.25, 0.3) is 0 Å². The molecule has 0 saturated carbocycles. The molecule has 0 radical (unpaired) electrons. The van der Waals surface area contributed by atoms with Gasteiger partial charge in [-0.25, -0.2) is 14.4 Å². The lowest BCUT2D eigenvalue weighted by atomic mass is 10.1. The van der Waals surface area contributed by atoms with E-state index in [1.165, 1.54) is 17.7 Å². The fourth-order valence-corrected chi connectivity index (χ4v) is 2.60. The summed E-state index contributed by atoms with van der Waals surface area (Å²) in [7, 11) is 0. The first-order valence-electron chi connectivity index (χ1n) is 8.68. The first kappa shape index (κ1) is 21.4. The topological polar surface area (TPSA) is 117 Å². The van der Waals surface area contributed by atoms with Gasteiger partial charge < -0.3 is 19.9 Å². The largest absolute Gasteiger partial charge is 0.478 e. The van der Waals surface area contributed by atoms with Gasteiger partial charge in [0.25, 0.3) is 0 Å². The average Bonchev–Trinajstić information content (AvgIpc) is 3.12.